The van der Waals surface area contributed by atoms with E-state index >= 15 is 0 Å². The highest BCUT2D eigenvalue weighted by Crippen LogP contribution is 2.36. The first kappa shape index (κ1) is 22.4. The molecule has 1 amide bonds. The molecule has 3 aromatic heterocycles. The number of aromatic nitrogens is 5. The van der Waals surface area contributed by atoms with Crippen molar-refractivity contribution in [1.29, 1.82) is 0 Å². The van der Waals surface area contributed by atoms with Crippen molar-refractivity contribution in [2.75, 3.05) is 36.5 Å². The number of ether oxygens (including phenoxy) is 1. The van der Waals surface area contributed by atoms with Gasteiger partial charge in [0.2, 0.25) is 0 Å². The lowest BCUT2D eigenvalue weighted by molar-refractivity contribution is -0.112. The number of carbonyl (C=O) groups is 2. The van der Waals surface area contributed by atoms with Crippen LogP contribution in [-0.4, -0.2) is 62.9 Å². The molecule has 5 rings (SSSR count). The number of carbonyl (C=O) groups excluding carboxylic acids is 2. The Bertz CT molecular complexity index is 1180. The number of nitrogens with one attached hydrogen (secondary N) is 1. The van der Waals surface area contributed by atoms with Crippen LogP contribution < -0.4 is 10.2 Å². The topological polar surface area (TPSA) is 107 Å². The van der Waals surface area contributed by atoms with Gasteiger partial charge < -0.3 is 19.7 Å². The molecule has 1 aliphatic heterocycles. The molecule has 34 heavy (non-hydrogen) atoms. The Hall–Kier alpha value is -3.41. The Balaban J connectivity index is 1.39. The van der Waals surface area contributed by atoms with E-state index in [0.29, 0.717) is 63.5 Å². The van der Waals surface area contributed by atoms with E-state index < -0.39 is 12.3 Å². The standard InChI is InChI=1S/C22H25F2N7O3/c23-20(24)19-17(12-26-31(19)15-3-1-14(13-32)2-4-15)27-22(33)16-11-25-30-6-5-18(28-21(16)30)29-7-9-34-10-8-29/h5-6,11-15,20H,1-4,7-10H2,(H,27,33). The minimum Gasteiger partial charge on any atom is -0.378 e. The van der Waals surface area contributed by atoms with Crippen molar-refractivity contribution in [2.45, 2.75) is 38.2 Å². The summed E-state index contributed by atoms with van der Waals surface area (Å²) in [5.41, 5.74) is 0.136. The van der Waals surface area contributed by atoms with E-state index in [2.05, 4.69) is 25.4 Å². The number of nitrogens with zero attached hydrogens (tertiary/aromatic N) is 6. The van der Waals surface area contributed by atoms with Crippen LogP contribution in [0.1, 0.15) is 54.2 Å². The van der Waals surface area contributed by atoms with Crippen LogP contribution in [0.3, 0.4) is 0 Å². The molecule has 1 saturated carbocycles. The van der Waals surface area contributed by atoms with E-state index in [1.807, 2.05) is 6.07 Å². The summed E-state index contributed by atoms with van der Waals surface area (Å²) in [5, 5.41) is 10.9. The van der Waals surface area contributed by atoms with Crippen molar-refractivity contribution in [2.24, 2.45) is 5.92 Å². The molecule has 180 valence electrons. The molecular weight excluding hydrogens is 448 g/mol. The Morgan fingerprint density at radius 2 is 1.91 bits per heavy atom. The largest absolute Gasteiger partial charge is 0.378 e. The van der Waals surface area contributed by atoms with Crippen molar-refractivity contribution in [3.05, 3.63) is 35.9 Å². The number of aldehydes is 1. The van der Waals surface area contributed by atoms with Gasteiger partial charge in [-0.1, -0.05) is 0 Å². The zero-order valence-electron chi connectivity index (χ0n) is 18.4. The number of halogens is 2. The second kappa shape index (κ2) is 9.45. The molecule has 0 atom stereocenters. The zero-order chi connectivity index (χ0) is 23.7. The molecule has 12 heteroatoms. The average Bonchev–Trinajstić information content (AvgIpc) is 3.48. The summed E-state index contributed by atoms with van der Waals surface area (Å²) < 4.78 is 36.2. The number of fused-ring (bicyclic) bond motifs is 1. The van der Waals surface area contributed by atoms with Crippen LogP contribution in [0.4, 0.5) is 20.3 Å². The smallest absolute Gasteiger partial charge is 0.282 e. The summed E-state index contributed by atoms with van der Waals surface area (Å²) in [4.78, 5) is 30.7. The normalized spacial score (nSPS) is 21.2. The fraction of sp³-hybridized carbons (Fsp3) is 0.500. The summed E-state index contributed by atoms with van der Waals surface area (Å²) in [7, 11) is 0. The van der Waals surface area contributed by atoms with Crippen LogP contribution in [0.5, 0.6) is 0 Å². The molecule has 10 nitrogen and oxygen atoms in total. The second-order valence-electron chi connectivity index (χ2n) is 8.56. The molecule has 2 fully saturated rings. The van der Waals surface area contributed by atoms with Crippen molar-refractivity contribution in [3.63, 3.8) is 0 Å². The Labute approximate surface area is 193 Å². The maximum atomic E-state index is 14.0. The van der Waals surface area contributed by atoms with Crippen LogP contribution in [0, 0.1) is 5.92 Å². The molecule has 0 radical (unpaired) electrons. The maximum absolute atomic E-state index is 14.0. The van der Waals surface area contributed by atoms with E-state index in [1.54, 1.807) is 6.20 Å². The van der Waals surface area contributed by atoms with Crippen molar-refractivity contribution in [1.82, 2.24) is 24.4 Å². The van der Waals surface area contributed by atoms with Gasteiger partial charge in [-0.25, -0.2) is 18.3 Å². The van der Waals surface area contributed by atoms with Gasteiger partial charge in [0.1, 0.15) is 23.4 Å². The number of morpholine rings is 1. The lowest BCUT2D eigenvalue weighted by atomic mass is 9.87. The first-order chi connectivity index (χ1) is 16.5. The van der Waals surface area contributed by atoms with E-state index in [0.717, 1.165) is 6.29 Å². The third-order valence-corrected chi connectivity index (χ3v) is 6.50. The number of amides is 1. The highest BCUT2D eigenvalue weighted by Gasteiger charge is 2.30. The van der Waals surface area contributed by atoms with Gasteiger partial charge in [0.25, 0.3) is 12.3 Å². The van der Waals surface area contributed by atoms with Gasteiger partial charge in [-0.05, 0) is 31.7 Å². The SMILES string of the molecule is O=CC1CCC(n2ncc(NC(=O)c3cnn4ccc(N5CCOCC5)nc34)c2C(F)F)CC1. The minimum absolute atomic E-state index is 0.0357. The fourth-order valence-electron chi connectivity index (χ4n) is 4.64. The van der Waals surface area contributed by atoms with Gasteiger partial charge in [0, 0.05) is 25.2 Å². The molecule has 1 aliphatic carbocycles. The molecule has 1 saturated heterocycles. The molecule has 4 heterocycles. The summed E-state index contributed by atoms with van der Waals surface area (Å²) in [6.07, 6.45) is 4.88. The van der Waals surface area contributed by atoms with Gasteiger partial charge in [0.05, 0.1) is 37.3 Å². The monoisotopic (exact) mass is 473 g/mol. The lowest BCUT2D eigenvalue weighted by Gasteiger charge is -2.27. The Morgan fingerprint density at radius 1 is 1.15 bits per heavy atom. The molecule has 0 aromatic carbocycles. The predicted molar refractivity (Wildman–Crippen MR) is 118 cm³/mol. The first-order valence-electron chi connectivity index (χ1n) is 11.3. The van der Waals surface area contributed by atoms with E-state index in [4.69, 9.17) is 4.74 Å². The fourth-order valence-corrected chi connectivity index (χ4v) is 4.64. The van der Waals surface area contributed by atoms with Gasteiger partial charge in [-0.15, -0.1) is 0 Å². The molecule has 0 bridgehead atoms. The molecule has 1 N–H and O–H groups in total. The van der Waals surface area contributed by atoms with Gasteiger partial charge in [-0.2, -0.15) is 10.2 Å². The van der Waals surface area contributed by atoms with Gasteiger partial charge in [-0.3, -0.25) is 9.48 Å². The summed E-state index contributed by atoms with van der Waals surface area (Å²) in [6, 6.07) is 1.58. The van der Waals surface area contributed by atoms with E-state index in [-0.39, 0.29) is 28.9 Å². The van der Waals surface area contributed by atoms with Gasteiger partial charge in [0.15, 0.2) is 5.65 Å². The zero-order valence-corrected chi connectivity index (χ0v) is 18.4. The van der Waals surface area contributed by atoms with Crippen LogP contribution in [0.2, 0.25) is 0 Å². The van der Waals surface area contributed by atoms with Crippen LogP contribution in [0.25, 0.3) is 5.65 Å². The second-order valence-corrected chi connectivity index (χ2v) is 8.56. The van der Waals surface area contributed by atoms with Crippen molar-refractivity contribution in [3.8, 4) is 0 Å². The number of anilines is 2. The van der Waals surface area contributed by atoms with E-state index in [9.17, 15) is 18.4 Å². The lowest BCUT2D eigenvalue weighted by Crippen LogP contribution is -2.36. The highest BCUT2D eigenvalue weighted by atomic mass is 19.3. The van der Waals surface area contributed by atoms with Gasteiger partial charge >= 0.3 is 0 Å². The predicted octanol–water partition coefficient (Wildman–Crippen LogP) is 2.88. The quantitative estimate of drug-likeness (QED) is 0.549. The minimum atomic E-state index is -2.82. The van der Waals surface area contributed by atoms with Crippen LogP contribution in [0.15, 0.2) is 24.7 Å². The van der Waals surface area contributed by atoms with Crippen molar-refractivity contribution < 1.29 is 23.1 Å². The molecule has 0 unspecified atom stereocenters. The number of rotatable bonds is 6. The molecule has 2 aliphatic rings. The van der Waals surface area contributed by atoms with Crippen molar-refractivity contribution >= 4 is 29.3 Å². The van der Waals surface area contributed by atoms with Crippen LogP contribution >= 0.6 is 0 Å². The molecule has 0 spiro atoms. The Kier molecular flexibility index (Phi) is 6.22. The first-order valence-corrected chi connectivity index (χ1v) is 11.3. The van der Waals surface area contributed by atoms with E-state index in [1.165, 1.54) is 21.6 Å². The summed E-state index contributed by atoms with van der Waals surface area (Å²) in [6.45, 7) is 2.56. The Morgan fingerprint density at radius 3 is 2.62 bits per heavy atom. The van der Waals surface area contributed by atoms with Crippen LogP contribution in [-0.2, 0) is 9.53 Å². The average molecular weight is 473 g/mol. The number of alkyl halides is 2. The molecule has 3 aromatic rings. The highest BCUT2D eigenvalue weighted by molar-refractivity contribution is 6.08. The maximum Gasteiger partial charge on any atom is 0.282 e. The number of hydrogen-bond acceptors (Lipinski definition) is 7. The third-order valence-electron chi connectivity index (χ3n) is 6.50. The number of hydrogen-bond donors (Lipinski definition) is 1. The third kappa shape index (κ3) is 4.25. The molecular formula is C22H25F2N7O3. The summed E-state index contributed by atoms with van der Waals surface area (Å²) >= 11 is 0. The summed E-state index contributed by atoms with van der Waals surface area (Å²) in [5.74, 6) is 0.0663.